The van der Waals surface area contributed by atoms with Gasteiger partial charge in [-0.05, 0) is 61.1 Å². The Bertz CT molecular complexity index is 1400. The van der Waals surface area contributed by atoms with Crippen LogP contribution in [0.5, 0.6) is 0 Å². The molecule has 1 aromatic carbocycles. The second kappa shape index (κ2) is 7.95. The third-order valence-corrected chi connectivity index (χ3v) is 8.14. The summed E-state index contributed by atoms with van der Waals surface area (Å²) >= 11 is 1.40. The van der Waals surface area contributed by atoms with Crippen LogP contribution >= 0.6 is 11.3 Å². The number of carbonyl (C=O) groups excluding carboxylic acids is 2. The largest absolute Gasteiger partial charge is 0.339 e. The first-order chi connectivity index (χ1) is 16.5. The fourth-order valence-corrected chi connectivity index (χ4v) is 6.24. The molecule has 4 heterocycles. The van der Waals surface area contributed by atoms with Gasteiger partial charge in [-0.15, -0.1) is 11.3 Å². The van der Waals surface area contributed by atoms with Crippen molar-refractivity contribution in [1.82, 2.24) is 24.6 Å². The lowest BCUT2D eigenvalue weighted by Crippen LogP contribution is -2.42. The number of para-hydroxylation sites is 2. The van der Waals surface area contributed by atoms with Crippen molar-refractivity contribution in [2.24, 2.45) is 5.41 Å². The molecule has 34 heavy (non-hydrogen) atoms. The number of hydrogen-bond donors (Lipinski definition) is 2. The average Bonchev–Trinajstić information content (AvgIpc) is 3.62. The molecule has 0 radical (unpaired) electrons. The Morgan fingerprint density at radius 3 is 2.85 bits per heavy atom. The van der Waals surface area contributed by atoms with Gasteiger partial charge in [-0.2, -0.15) is 5.10 Å². The molecule has 0 atom stereocenters. The van der Waals surface area contributed by atoms with Crippen molar-refractivity contribution in [3.05, 3.63) is 66.2 Å². The van der Waals surface area contributed by atoms with E-state index in [9.17, 15) is 9.59 Å². The van der Waals surface area contributed by atoms with Gasteiger partial charge in [0.1, 0.15) is 5.69 Å². The van der Waals surface area contributed by atoms with Gasteiger partial charge in [0.25, 0.3) is 5.91 Å². The molecule has 2 aliphatic rings. The molecule has 1 saturated heterocycles. The summed E-state index contributed by atoms with van der Waals surface area (Å²) < 4.78 is 2.17. The van der Waals surface area contributed by atoms with Gasteiger partial charge >= 0.3 is 0 Å². The van der Waals surface area contributed by atoms with Crippen LogP contribution in [0.15, 0.2) is 61.3 Å². The lowest BCUT2D eigenvalue weighted by atomic mass is 9.65. The third kappa shape index (κ3) is 3.43. The van der Waals surface area contributed by atoms with E-state index in [0.29, 0.717) is 10.8 Å². The summed E-state index contributed by atoms with van der Waals surface area (Å²) in [6, 6.07) is 13.8. The van der Waals surface area contributed by atoms with Gasteiger partial charge in [0.05, 0.1) is 20.8 Å². The summed E-state index contributed by atoms with van der Waals surface area (Å²) in [5.74, 6) is 0.394. The number of nitrogens with one attached hydrogen (secondary N) is 2. The number of benzene rings is 1. The zero-order valence-electron chi connectivity index (χ0n) is 18.5. The lowest BCUT2D eigenvalue weighted by Gasteiger charge is -2.46. The molecule has 2 fully saturated rings. The van der Waals surface area contributed by atoms with Crippen molar-refractivity contribution in [3.63, 3.8) is 0 Å². The predicted octanol–water partition coefficient (Wildman–Crippen LogP) is 4.48. The molecular weight excluding hydrogens is 448 g/mol. The second-order valence-corrected chi connectivity index (χ2v) is 10.2. The number of imidazole rings is 1. The Hall–Kier alpha value is -3.72. The molecular formula is C25H24N6O2S. The van der Waals surface area contributed by atoms with Crippen LogP contribution in [-0.4, -0.2) is 49.6 Å². The number of thiophene rings is 1. The molecule has 1 aliphatic heterocycles. The molecule has 0 bridgehead atoms. The van der Waals surface area contributed by atoms with Crippen LogP contribution in [0, 0.1) is 5.41 Å². The van der Waals surface area contributed by atoms with E-state index in [2.05, 4.69) is 26.7 Å². The molecule has 3 aromatic heterocycles. The van der Waals surface area contributed by atoms with Crippen molar-refractivity contribution >= 4 is 40.1 Å². The summed E-state index contributed by atoms with van der Waals surface area (Å²) in [5, 5.41) is 10.1. The molecule has 1 spiro atoms. The smallest absolute Gasteiger partial charge is 0.268 e. The van der Waals surface area contributed by atoms with E-state index in [1.54, 1.807) is 6.20 Å². The molecule has 2 amide bonds. The predicted molar refractivity (Wildman–Crippen MR) is 132 cm³/mol. The Balaban J connectivity index is 1.25. The maximum atomic E-state index is 13.1. The van der Waals surface area contributed by atoms with Gasteiger partial charge in [0, 0.05) is 25.3 Å². The number of aromatic amines is 1. The van der Waals surface area contributed by atoms with Crippen molar-refractivity contribution in [1.29, 1.82) is 0 Å². The quantitative estimate of drug-likeness (QED) is 0.419. The first-order valence-electron chi connectivity index (χ1n) is 11.3. The number of aromatic nitrogens is 4. The molecule has 172 valence electrons. The van der Waals surface area contributed by atoms with Crippen LogP contribution in [0.3, 0.4) is 0 Å². The molecule has 1 saturated carbocycles. The average molecular weight is 473 g/mol. The highest BCUT2D eigenvalue weighted by Crippen LogP contribution is 2.55. The summed E-state index contributed by atoms with van der Waals surface area (Å²) in [6.07, 6.45) is 6.08. The fourth-order valence-electron chi connectivity index (χ4n) is 5.37. The summed E-state index contributed by atoms with van der Waals surface area (Å²) in [5.41, 5.74) is 2.83. The minimum absolute atomic E-state index is 0.00603. The molecule has 2 N–H and O–H groups in total. The van der Waals surface area contributed by atoms with Gasteiger partial charge in [0.2, 0.25) is 11.9 Å². The van der Waals surface area contributed by atoms with Gasteiger partial charge in [-0.25, -0.2) is 4.98 Å². The SMILES string of the molecule is C=CC(=O)N1CC[C@]2(C1)C[C@H](n1c(NC(=O)c3ccc(-c4cc[nH]n4)s3)nc3ccccc31)C2. The number of amides is 2. The van der Waals surface area contributed by atoms with Gasteiger partial charge in [0.15, 0.2) is 0 Å². The number of rotatable bonds is 5. The molecule has 9 heteroatoms. The number of carbonyl (C=O) groups is 2. The minimum atomic E-state index is -0.180. The monoisotopic (exact) mass is 472 g/mol. The Labute approximate surface area is 200 Å². The molecule has 0 unspecified atom stereocenters. The van der Waals surface area contributed by atoms with E-state index >= 15 is 0 Å². The topological polar surface area (TPSA) is 95.9 Å². The summed E-state index contributed by atoms with van der Waals surface area (Å²) in [6.45, 7) is 5.17. The number of likely N-dealkylation sites (tertiary alicyclic amines) is 1. The van der Waals surface area contributed by atoms with E-state index in [0.717, 1.165) is 54.0 Å². The minimum Gasteiger partial charge on any atom is -0.339 e. The second-order valence-electron chi connectivity index (χ2n) is 9.15. The molecule has 4 aromatic rings. The highest BCUT2D eigenvalue weighted by atomic mass is 32.1. The standard InChI is InChI=1S/C25H24N6O2S/c1-2-22(32)30-12-10-25(15-30)13-16(14-25)31-19-6-4-3-5-17(19)27-24(31)28-23(33)21-8-7-20(34-21)18-9-11-26-29-18/h2-9,11,16H,1,10,12-15H2,(H,26,29)(H,27,28,33)/t16-,25-. The number of fused-ring (bicyclic) bond motifs is 1. The van der Waals surface area contributed by atoms with E-state index in [1.165, 1.54) is 17.4 Å². The van der Waals surface area contributed by atoms with Crippen molar-refractivity contribution in [2.45, 2.75) is 25.3 Å². The van der Waals surface area contributed by atoms with Gasteiger partial charge in [-0.3, -0.25) is 20.0 Å². The van der Waals surface area contributed by atoms with Crippen LogP contribution < -0.4 is 5.32 Å². The van der Waals surface area contributed by atoms with Crippen LogP contribution in [0.4, 0.5) is 5.95 Å². The summed E-state index contributed by atoms with van der Waals surface area (Å²) in [7, 11) is 0. The first kappa shape index (κ1) is 20.9. The molecule has 8 nitrogen and oxygen atoms in total. The van der Waals surface area contributed by atoms with Crippen molar-refractivity contribution in [3.8, 4) is 10.6 Å². The van der Waals surface area contributed by atoms with E-state index in [4.69, 9.17) is 4.98 Å². The zero-order valence-corrected chi connectivity index (χ0v) is 19.3. The van der Waals surface area contributed by atoms with Crippen molar-refractivity contribution in [2.75, 3.05) is 18.4 Å². The normalized spacial score (nSPS) is 21.6. The van der Waals surface area contributed by atoms with Crippen LogP contribution in [0.1, 0.15) is 35.0 Å². The Kier molecular flexibility index (Phi) is 4.88. The number of H-pyrrole nitrogens is 1. The number of anilines is 1. The Morgan fingerprint density at radius 1 is 1.21 bits per heavy atom. The zero-order chi connectivity index (χ0) is 23.3. The molecule has 6 rings (SSSR count). The van der Waals surface area contributed by atoms with E-state index in [-0.39, 0.29) is 23.3 Å². The van der Waals surface area contributed by atoms with Crippen LogP contribution in [0.2, 0.25) is 0 Å². The number of nitrogens with zero attached hydrogens (tertiary/aromatic N) is 4. The molecule has 1 aliphatic carbocycles. The summed E-state index contributed by atoms with van der Waals surface area (Å²) in [4.78, 5) is 33.4. The highest BCUT2D eigenvalue weighted by molar-refractivity contribution is 7.17. The maximum absolute atomic E-state index is 13.1. The fraction of sp³-hybridized carbons (Fsp3) is 0.280. The first-order valence-corrected chi connectivity index (χ1v) is 12.2. The Morgan fingerprint density at radius 2 is 2.06 bits per heavy atom. The van der Waals surface area contributed by atoms with Gasteiger partial charge in [-0.1, -0.05) is 18.7 Å². The van der Waals surface area contributed by atoms with Crippen LogP contribution in [0.25, 0.3) is 21.6 Å². The maximum Gasteiger partial charge on any atom is 0.268 e. The highest BCUT2D eigenvalue weighted by Gasteiger charge is 2.50. The number of hydrogen-bond acceptors (Lipinski definition) is 5. The van der Waals surface area contributed by atoms with E-state index in [1.807, 2.05) is 47.4 Å². The lowest BCUT2D eigenvalue weighted by molar-refractivity contribution is -0.125. The van der Waals surface area contributed by atoms with Crippen molar-refractivity contribution < 1.29 is 9.59 Å². The van der Waals surface area contributed by atoms with Crippen LogP contribution in [-0.2, 0) is 4.79 Å². The van der Waals surface area contributed by atoms with Gasteiger partial charge < -0.3 is 9.47 Å². The van der Waals surface area contributed by atoms with E-state index < -0.39 is 0 Å². The third-order valence-electron chi connectivity index (χ3n) is 7.03.